The number of rotatable bonds is 2. The summed E-state index contributed by atoms with van der Waals surface area (Å²) < 4.78 is 13.5. The molecule has 1 fully saturated rings. The molecule has 2 rings (SSSR count). The molecule has 0 radical (unpaired) electrons. The van der Waals surface area contributed by atoms with E-state index < -0.39 is 0 Å². The molecular formula is C12H15ClFNO. The maximum Gasteiger partial charge on any atom is 0.147 e. The minimum Gasteiger partial charge on any atom is -0.393 e. The largest absolute Gasteiger partial charge is 0.393 e. The molecule has 1 aliphatic rings. The van der Waals surface area contributed by atoms with E-state index in [1.54, 1.807) is 12.1 Å². The molecule has 16 heavy (non-hydrogen) atoms. The Hall–Kier alpha value is -0.800. The molecule has 2 N–H and O–H groups in total. The third kappa shape index (κ3) is 2.86. The summed E-state index contributed by atoms with van der Waals surface area (Å²) in [5.41, 5.74) is 0.491. The average Bonchev–Trinajstić information content (AvgIpc) is 2.25. The first-order chi connectivity index (χ1) is 7.65. The smallest absolute Gasteiger partial charge is 0.147 e. The molecule has 0 bridgehead atoms. The zero-order chi connectivity index (χ0) is 11.5. The SMILES string of the molecule is OC1CCC(Nc2ccc(Cl)cc2F)CC1. The van der Waals surface area contributed by atoms with Crippen molar-refractivity contribution in [3.63, 3.8) is 0 Å². The second-order valence-corrected chi connectivity index (χ2v) is 4.71. The molecule has 0 saturated heterocycles. The Labute approximate surface area is 99.4 Å². The Bertz CT molecular complexity index is 364. The van der Waals surface area contributed by atoms with Crippen LogP contribution in [0.25, 0.3) is 0 Å². The van der Waals surface area contributed by atoms with Crippen LogP contribution in [-0.4, -0.2) is 17.3 Å². The molecule has 1 aliphatic carbocycles. The Balaban J connectivity index is 1.98. The summed E-state index contributed by atoms with van der Waals surface area (Å²) in [6.07, 6.45) is 3.14. The number of aliphatic hydroxyl groups excluding tert-OH is 1. The van der Waals surface area contributed by atoms with Gasteiger partial charge in [-0.1, -0.05) is 11.6 Å². The van der Waals surface area contributed by atoms with E-state index in [0.29, 0.717) is 10.7 Å². The van der Waals surface area contributed by atoms with E-state index in [2.05, 4.69) is 5.32 Å². The fraction of sp³-hybridized carbons (Fsp3) is 0.500. The lowest BCUT2D eigenvalue weighted by molar-refractivity contribution is 0.126. The number of aliphatic hydroxyl groups is 1. The van der Waals surface area contributed by atoms with Crippen molar-refractivity contribution in [2.75, 3.05) is 5.32 Å². The van der Waals surface area contributed by atoms with Crippen LogP contribution >= 0.6 is 11.6 Å². The zero-order valence-electron chi connectivity index (χ0n) is 8.92. The van der Waals surface area contributed by atoms with Crippen LogP contribution in [0.2, 0.25) is 5.02 Å². The van der Waals surface area contributed by atoms with Crippen LogP contribution in [-0.2, 0) is 0 Å². The van der Waals surface area contributed by atoms with Gasteiger partial charge in [-0.25, -0.2) is 4.39 Å². The number of anilines is 1. The quantitative estimate of drug-likeness (QED) is 0.836. The van der Waals surface area contributed by atoms with Crippen LogP contribution < -0.4 is 5.32 Å². The Morgan fingerprint density at radius 2 is 1.94 bits per heavy atom. The summed E-state index contributed by atoms with van der Waals surface area (Å²) in [5.74, 6) is -0.321. The molecule has 0 aliphatic heterocycles. The molecule has 2 nitrogen and oxygen atoms in total. The number of hydrogen-bond acceptors (Lipinski definition) is 2. The summed E-state index contributed by atoms with van der Waals surface area (Å²) in [6, 6.07) is 4.88. The molecule has 1 aromatic carbocycles. The summed E-state index contributed by atoms with van der Waals surface area (Å²) in [6.45, 7) is 0. The van der Waals surface area contributed by atoms with E-state index >= 15 is 0 Å². The molecule has 0 amide bonds. The molecule has 88 valence electrons. The van der Waals surface area contributed by atoms with Crippen LogP contribution in [0.4, 0.5) is 10.1 Å². The van der Waals surface area contributed by atoms with Gasteiger partial charge in [-0.15, -0.1) is 0 Å². The van der Waals surface area contributed by atoms with Crippen molar-refractivity contribution in [3.8, 4) is 0 Å². The van der Waals surface area contributed by atoms with Gasteiger partial charge in [0.2, 0.25) is 0 Å². The van der Waals surface area contributed by atoms with E-state index in [-0.39, 0.29) is 18.0 Å². The first kappa shape index (κ1) is 11.7. The van der Waals surface area contributed by atoms with Crippen molar-refractivity contribution in [2.24, 2.45) is 0 Å². The van der Waals surface area contributed by atoms with Crippen LogP contribution in [0.3, 0.4) is 0 Å². The molecule has 0 atom stereocenters. The summed E-state index contributed by atoms with van der Waals surface area (Å²) in [7, 11) is 0. The van der Waals surface area contributed by atoms with Crippen molar-refractivity contribution in [1.82, 2.24) is 0 Å². The lowest BCUT2D eigenvalue weighted by Gasteiger charge is -2.27. The van der Waals surface area contributed by atoms with E-state index in [1.807, 2.05) is 0 Å². The van der Waals surface area contributed by atoms with Crippen molar-refractivity contribution in [3.05, 3.63) is 29.0 Å². The van der Waals surface area contributed by atoms with Gasteiger partial charge in [0, 0.05) is 11.1 Å². The third-order valence-electron chi connectivity index (χ3n) is 2.99. The molecule has 1 saturated carbocycles. The topological polar surface area (TPSA) is 32.3 Å². The van der Waals surface area contributed by atoms with Gasteiger partial charge in [0.25, 0.3) is 0 Å². The fourth-order valence-corrected chi connectivity index (χ4v) is 2.21. The van der Waals surface area contributed by atoms with Gasteiger partial charge in [-0.2, -0.15) is 0 Å². The van der Waals surface area contributed by atoms with Crippen LogP contribution in [0.5, 0.6) is 0 Å². The fourth-order valence-electron chi connectivity index (χ4n) is 2.05. The van der Waals surface area contributed by atoms with Crippen molar-refractivity contribution in [2.45, 2.75) is 37.8 Å². The van der Waals surface area contributed by atoms with Gasteiger partial charge >= 0.3 is 0 Å². The van der Waals surface area contributed by atoms with E-state index in [1.165, 1.54) is 6.07 Å². The predicted octanol–water partition coefficient (Wildman–Crippen LogP) is 3.19. The van der Waals surface area contributed by atoms with Crippen molar-refractivity contribution in [1.29, 1.82) is 0 Å². The molecule has 0 heterocycles. The third-order valence-corrected chi connectivity index (χ3v) is 3.22. The summed E-state index contributed by atoms with van der Waals surface area (Å²) in [5, 5.41) is 12.9. The van der Waals surface area contributed by atoms with E-state index in [9.17, 15) is 9.50 Å². The predicted molar refractivity (Wildman–Crippen MR) is 63.3 cm³/mol. The number of benzene rings is 1. The monoisotopic (exact) mass is 243 g/mol. The second kappa shape index (κ2) is 5.02. The first-order valence-corrected chi connectivity index (χ1v) is 5.92. The minimum absolute atomic E-state index is 0.187. The van der Waals surface area contributed by atoms with E-state index in [0.717, 1.165) is 25.7 Å². The van der Waals surface area contributed by atoms with E-state index in [4.69, 9.17) is 11.6 Å². The molecule has 4 heteroatoms. The Morgan fingerprint density at radius 1 is 1.25 bits per heavy atom. The minimum atomic E-state index is -0.321. The highest BCUT2D eigenvalue weighted by Gasteiger charge is 2.19. The number of halogens is 2. The number of hydrogen-bond donors (Lipinski definition) is 2. The van der Waals surface area contributed by atoms with Gasteiger partial charge < -0.3 is 10.4 Å². The summed E-state index contributed by atoms with van der Waals surface area (Å²) in [4.78, 5) is 0. The summed E-state index contributed by atoms with van der Waals surface area (Å²) >= 11 is 5.68. The Kier molecular flexibility index (Phi) is 3.66. The first-order valence-electron chi connectivity index (χ1n) is 5.55. The molecule has 1 aromatic rings. The van der Waals surface area contributed by atoms with Gasteiger partial charge in [0.1, 0.15) is 5.82 Å². The maximum absolute atomic E-state index is 13.5. The van der Waals surface area contributed by atoms with Gasteiger partial charge in [0.15, 0.2) is 0 Å². The zero-order valence-corrected chi connectivity index (χ0v) is 9.67. The lowest BCUT2D eigenvalue weighted by Crippen LogP contribution is -2.28. The standard InChI is InChI=1S/C12H15ClFNO/c13-8-1-6-12(11(14)7-8)15-9-2-4-10(16)5-3-9/h1,6-7,9-10,15-16H,2-5H2. The second-order valence-electron chi connectivity index (χ2n) is 4.27. The maximum atomic E-state index is 13.5. The average molecular weight is 244 g/mol. The number of nitrogens with one attached hydrogen (secondary N) is 1. The highest BCUT2D eigenvalue weighted by atomic mass is 35.5. The molecule has 0 unspecified atom stereocenters. The highest BCUT2D eigenvalue weighted by Crippen LogP contribution is 2.25. The van der Waals surface area contributed by atoms with Gasteiger partial charge in [-0.05, 0) is 43.9 Å². The lowest BCUT2D eigenvalue weighted by atomic mass is 9.93. The normalized spacial score (nSPS) is 25.4. The van der Waals surface area contributed by atoms with Crippen LogP contribution in [0, 0.1) is 5.82 Å². The highest BCUT2D eigenvalue weighted by molar-refractivity contribution is 6.30. The van der Waals surface area contributed by atoms with Crippen molar-refractivity contribution < 1.29 is 9.50 Å². The van der Waals surface area contributed by atoms with Crippen LogP contribution in [0.1, 0.15) is 25.7 Å². The van der Waals surface area contributed by atoms with Crippen molar-refractivity contribution >= 4 is 17.3 Å². The molecular weight excluding hydrogens is 229 g/mol. The molecule has 0 spiro atoms. The molecule has 0 aromatic heterocycles. The van der Waals surface area contributed by atoms with Gasteiger partial charge in [-0.3, -0.25) is 0 Å². The van der Waals surface area contributed by atoms with Crippen LogP contribution in [0.15, 0.2) is 18.2 Å². The van der Waals surface area contributed by atoms with Gasteiger partial charge in [0.05, 0.1) is 11.8 Å². The Morgan fingerprint density at radius 3 is 2.56 bits per heavy atom.